The van der Waals surface area contributed by atoms with Crippen LogP contribution in [-0.4, -0.2) is 49.3 Å². The Hall–Kier alpha value is -1.60. The molecule has 2 N–H and O–H groups in total. The Bertz CT molecular complexity index is 673. The van der Waals surface area contributed by atoms with Crippen LogP contribution in [0.4, 0.5) is 5.69 Å². The maximum absolute atomic E-state index is 12.6. The molecule has 0 aromatic heterocycles. The maximum atomic E-state index is 12.6. The summed E-state index contributed by atoms with van der Waals surface area (Å²) in [5, 5.41) is 10.0. The van der Waals surface area contributed by atoms with Crippen LogP contribution < -0.4 is 4.72 Å². The minimum absolute atomic E-state index is 0.00651. The molecular weight excluding hydrogens is 316 g/mol. The molecule has 7 heteroatoms. The molecule has 1 saturated heterocycles. The fraction of sp³-hybridized carbons (Fsp3) is 0.562. The Morgan fingerprint density at radius 2 is 1.78 bits per heavy atom. The number of fused-ring (bicyclic) bond motifs is 2. The first-order valence-electron chi connectivity index (χ1n) is 7.97. The molecule has 1 aliphatic heterocycles. The van der Waals surface area contributed by atoms with Gasteiger partial charge < -0.3 is 10.0 Å². The van der Waals surface area contributed by atoms with E-state index in [-0.39, 0.29) is 29.6 Å². The van der Waals surface area contributed by atoms with Crippen LogP contribution in [0.25, 0.3) is 0 Å². The Morgan fingerprint density at radius 3 is 2.30 bits per heavy atom. The smallest absolute Gasteiger partial charge is 0.253 e. The number of amides is 1. The van der Waals surface area contributed by atoms with E-state index in [1.807, 2.05) is 0 Å². The van der Waals surface area contributed by atoms with E-state index < -0.39 is 10.0 Å². The second kappa shape index (κ2) is 6.13. The second-order valence-electron chi connectivity index (χ2n) is 6.38. The number of rotatable bonds is 4. The Kier molecular flexibility index (Phi) is 4.33. The van der Waals surface area contributed by atoms with E-state index in [1.54, 1.807) is 36.1 Å². The van der Waals surface area contributed by atoms with E-state index in [0.717, 1.165) is 12.8 Å². The fourth-order valence-electron chi connectivity index (χ4n) is 3.47. The van der Waals surface area contributed by atoms with Gasteiger partial charge >= 0.3 is 0 Å². The highest BCUT2D eigenvalue weighted by Gasteiger charge is 2.42. The number of benzene rings is 1. The molecule has 1 saturated carbocycles. The molecule has 1 aromatic carbocycles. The number of piperidine rings is 1. The van der Waals surface area contributed by atoms with E-state index in [4.69, 9.17) is 0 Å². The second-order valence-corrected chi connectivity index (χ2v) is 8.39. The van der Waals surface area contributed by atoms with Crippen molar-refractivity contribution in [2.24, 2.45) is 11.8 Å². The van der Waals surface area contributed by atoms with Crippen molar-refractivity contribution in [2.45, 2.75) is 25.9 Å². The Balaban J connectivity index is 1.69. The number of nitrogens with zero attached hydrogens (tertiary/aromatic N) is 1. The molecule has 0 radical (unpaired) electrons. The number of carbonyl (C=O) groups is 1. The highest BCUT2D eigenvalue weighted by molar-refractivity contribution is 7.92. The summed E-state index contributed by atoms with van der Waals surface area (Å²) in [6.45, 7) is 2.76. The lowest BCUT2D eigenvalue weighted by molar-refractivity contribution is 0.0166. The normalized spacial score (nSPS) is 27.0. The molecule has 1 aromatic rings. The number of likely N-dealkylation sites (tertiary alicyclic amines) is 1. The molecule has 1 aliphatic carbocycles. The lowest BCUT2D eigenvalue weighted by Gasteiger charge is -2.35. The minimum Gasteiger partial charge on any atom is -0.392 e. The summed E-state index contributed by atoms with van der Waals surface area (Å²) in [4.78, 5) is 14.4. The van der Waals surface area contributed by atoms with Crippen molar-refractivity contribution in [3.63, 3.8) is 0 Å². The lowest BCUT2D eigenvalue weighted by Crippen LogP contribution is -2.47. The summed E-state index contributed by atoms with van der Waals surface area (Å²) >= 11 is 0. The van der Waals surface area contributed by atoms with Crippen molar-refractivity contribution >= 4 is 21.6 Å². The quantitative estimate of drug-likeness (QED) is 0.866. The molecule has 1 heterocycles. The van der Waals surface area contributed by atoms with E-state index >= 15 is 0 Å². The molecule has 6 nitrogen and oxygen atoms in total. The number of aliphatic hydroxyl groups excluding tert-OH is 1. The number of nitrogens with one attached hydrogen (secondary N) is 1. The van der Waals surface area contributed by atoms with Gasteiger partial charge in [-0.25, -0.2) is 8.42 Å². The maximum Gasteiger partial charge on any atom is 0.253 e. The van der Waals surface area contributed by atoms with Gasteiger partial charge in [-0.2, -0.15) is 0 Å². The molecular formula is C16H22N2O4S. The highest BCUT2D eigenvalue weighted by Crippen LogP contribution is 2.37. The van der Waals surface area contributed by atoms with Gasteiger partial charge in [0.2, 0.25) is 10.0 Å². The third kappa shape index (κ3) is 3.35. The van der Waals surface area contributed by atoms with Crippen molar-refractivity contribution in [3.05, 3.63) is 29.8 Å². The van der Waals surface area contributed by atoms with Crippen molar-refractivity contribution in [1.29, 1.82) is 0 Å². The van der Waals surface area contributed by atoms with Crippen molar-refractivity contribution < 1.29 is 18.3 Å². The van der Waals surface area contributed by atoms with E-state index in [9.17, 15) is 18.3 Å². The topological polar surface area (TPSA) is 86.7 Å². The van der Waals surface area contributed by atoms with Crippen molar-refractivity contribution in [2.75, 3.05) is 23.6 Å². The number of carbonyl (C=O) groups excluding carboxylic acids is 1. The van der Waals surface area contributed by atoms with Crippen LogP contribution in [-0.2, 0) is 10.0 Å². The SMILES string of the molecule is CCS(=O)(=O)Nc1ccc(C(=O)N2CC3CCC(C2)C3O)cc1. The zero-order chi connectivity index (χ0) is 16.6. The first-order chi connectivity index (χ1) is 10.9. The van der Waals surface area contributed by atoms with Crippen LogP contribution in [0.2, 0.25) is 0 Å². The molecule has 2 atom stereocenters. The molecule has 23 heavy (non-hydrogen) atoms. The number of hydrogen-bond acceptors (Lipinski definition) is 4. The van der Waals surface area contributed by atoms with Gasteiger partial charge in [-0.3, -0.25) is 9.52 Å². The summed E-state index contributed by atoms with van der Waals surface area (Å²) < 4.78 is 25.5. The third-order valence-electron chi connectivity index (χ3n) is 4.86. The number of sulfonamides is 1. The van der Waals surface area contributed by atoms with Gasteiger partial charge in [0.15, 0.2) is 0 Å². The zero-order valence-electron chi connectivity index (χ0n) is 13.1. The highest BCUT2D eigenvalue weighted by atomic mass is 32.2. The summed E-state index contributed by atoms with van der Waals surface area (Å²) in [5.41, 5.74) is 0.998. The number of hydrogen-bond donors (Lipinski definition) is 2. The Morgan fingerprint density at radius 1 is 1.22 bits per heavy atom. The molecule has 2 bridgehead atoms. The zero-order valence-corrected chi connectivity index (χ0v) is 13.9. The molecule has 126 valence electrons. The van der Waals surface area contributed by atoms with Crippen LogP contribution in [0.5, 0.6) is 0 Å². The monoisotopic (exact) mass is 338 g/mol. The average molecular weight is 338 g/mol. The predicted molar refractivity (Wildman–Crippen MR) is 87.6 cm³/mol. The van der Waals surface area contributed by atoms with Crippen LogP contribution in [0.3, 0.4) is 0 Å². The molecule has 0 spiro atoms. The van der Waals surface area contributed by atoms with E-state index in [2.05, 4.69) is 4.72 Å². The minimum atomic E-state index is -3.31. The van der Waals surface area contributed by atoms with Crippen LogP contribution in [0.15, 0.2) is 24.3 Å². The van der Waals surface area contributed by atoms with Gasteiger partial charge in [0.1, 0.15) is 0 Å². The summed E-state index contributed by atoms with van der Waals surface area (Å²) in [7, 11) is -3.31. The van der Waals surface area contributed by atoms with Gasteiger partial charge in [0, 0.05) is 36.2 Å². The lowest BCUT2D eigenvalue weighted by atomic mass is 9.94. The molecule has 2 fully saturated rings. The van der Waals surface area contributed by atoms with Gasteiger partial charge in [-0.15, -0.1) is 0 Å². The van der Waals surface area contributed by atoms with Gasteiger partial charge in [-0.05, 0) is 44.0 Å². The number of aliphatic hydroxyl groups is 1. The van der Waals surface area contributed by atoms with Crippen LogP contribution in [0, 0.1) is 11.8 Å². The summed E-state index contributed by atoms with van der Waals surface area (Å²) in [6, 6.07) is 6.49. The summed E-state index contributed by atoms with van der Waals surface area (Å²) in [6.07, 6.45) is 1.69. The first kappa shape index (κ1) is 16.3. The first-order valence-corrected chi connectivity index (χ1v) is 9.62. The van der Waals surface area contributed by atoms with Gasteiger partial charge in [0.25, 0.3) is 5.91 Å². The third-order valence-corrected chi connectivity index (χ3v) is 6.16. The molecule has 2 unspecified atom stereocenters. The summed E-state index contributed by atoms with van der Waals surface area (Å²) in [5.74, 6) is 0.326. The fourth-order valence-corrected chi connectivity index (χ4v) is 4.11. The van der Waals surface area contributed by atoms with E-state index in [1.165, 1.54) is 0 Å². The Labute approximate surface area is 136 Å². The molecule has 3 rings (SSSR count). The molecule has 1 amide bonds. The van der Waals surface area contributed by atoms with Crippen LogP contribution >= 0.6 is 0 Å². The van der Waals surface area contributed by atoms with Crippen molar-refractivity contribution in [1.82, 2.24) is 4.90 Å². The van der Waals surface area contributed by atoms with Gasteiger partial charge in [-0.1, -0.05) is 0 Å². The van der Waals surface area contributed by atoms with E-state index in [0.29, 0.717) is 24.3 Å². The largest absolute Gasteiger partial charge is 0.392 e. The molecule has 2 aliphatic rings. The predicted octanol–water partition coefficient (Wildman–Crippen LogP) is 1.29. The number of anilines is 1. The average Bonchev–Trinajstić information content (AvgIpc) is 2.76. The van der Waals surface area contributed by atoms with Gasteiger partial charge in [0.05, 0.1) is 11.9 Å². The van der Waals surface area contributed by atoms with Crippen molar-refractivity contribution in [3.8, 4) is 0 Å². The standard InChI is InChI=1S/C16H22N2O4S/c1-2-23(21,22)17-14-7-5-11(6-8-14)16(20)18-9-12-3-4-13(10-18)15(12)19/h5-8,12-13,15,17,19H,2-4,9-10H2,1H3. The van der Waals surface area contributed by atoms with Crippen LogP contribution in [0.1, 0.15) is 30.1 Å².